The van der Waals surface area contributed by atoms with Crippen LogP contribution in [-0.2, 0) is 14.6 Å². The number of carbonyl (C=O) groups is 1. The molecule has 2 saturated carbocycles. The molecule has 152 valence electrons. The van der Waals surface area contributed by atoms with Crippen LogP contribution in [0.5, 0.6) is 0 Å². The molecule has 1 heterocycles. The van der Waals surface area contributed by atoms with Gasteiger partial charge in [0.25, 0.3) is 5.56 Å². The topological polar surface area (TPSA) is 84.1 Å². The highest BCUT2D eigenvalue weighted by atomic mass is 35.5. The third-order valence-electron chi connectivity index (χ3n) is 5.58. The van der Waals surface area contributed by atoms with E-state index in [0.29, 0.717) is 30.0 Å². The van der Waals surface area contributed by atoms with Gasteiger partial charge in [0.15, 0.2) is 9.84 Å². The summed E-state index contributed by atoms with van der Waals surface area (Å²) in [4.78, 5) is 27.3. The SMILES string of the molecule is CS(=O)(=O)c1ccc(/C(=C/[C@H]2CCC(=O)C2)c2ccc(C3CC3)c(=O)[nH]2)cc1Cl. The van der Waals surface area contributed by atoms with Gasteiger partial charge in [-0.3, -0.25) is 9.59 Å². The Morgan fingerprint density at radius 1 is 1.14 bits per heavy atom. The molecule has 2 aromatic rings. The van der Waals surface area contributed by atoms with Gasteiger partial charge in [-0.05, 0) is 54.9 Å². The number of rotatable bonds is 5. The Labute approximate surface area is 174 Å². The standard InChI is InChI=1S/C22H22ClNO4S/c1-29(27,28)21-9-5-15(12-19(21)23)18(11-13-2-6-16(25)10-13)20-8-7-17(14-3-4-14)22(26)24-20/h5,7-9,11-14H,2-4,6,10H2,1H3,(H,24,26)/b18-11-/t13-/m0/s1. The van der Waals surface area contributed by atoms with Crippen molar-refractivity contribution in [1.29, 1.82) is 0 Å². The predicted octanol–water partition coefficient (Wildman–Crippen LogP) is 4.11. The van der Waals surface area contributed by atoms with Crippen LogP contribution in [0.25, 0.3) is 5.57 Å². The number of halogens is 1. The van der Waals surface area contributed by atoms with Crippen LogP contribution < -0.4 is 5.56 Å². The number of aromatic nitrogens is 1. The lowest BCUT2D eigenvalue weighted by Gasteiger charge is -2.13. The number of Topliss-reactive ketones (excluding diaryl/α,β-unsaturated/α-hetero) is 1. The number of allylic oxidation sites excluding steroid dienone is 1. The zero-order valence-electron chi connectivity index (χ0n) is 16.1. The number of carbonyl (C=O) groups excluding carboxylic acids is 1. The molecule has 29 heavy (non-hydrogen) atoms. The van der Waals surface area contributed by atoms with Gasteiger partial charge >= 0.3 is 0 Å². The van der Waals surface area contributed by atoms with Crippen molar-refractivity contribution in [2.45, 2.75) is 42.9 Å². The predicted molar refractivity (Wildman–Crippen MR) is 113 cm³/mol. The molecule has 0 amide bonds. The van der Waals surface area contributed by atoms with Gasteiger partial charge < -0.3 is 4.98 Å². The Morgan fingerprint density at radius 2 is 1.90 bits per heavy atom. The molecule has 0 bridgehead atoms. The number of benzene rings is 1. The summed E-state index contributed by atoms with van der Waals surface area (Å²) < 4.78 is 23.8. The zero-order valence-corrected chi connectivity index (χ0v) is 17.6. The summed E-state index contributed by atoms with van der Waals surface area (Å²) in [6.45, 7) is 0. The van der Waals surface area contributed by atoms with Crippen LogP contribution in [0.1, 0.15) is 54.8 Å². The summed E-state index contributed by atoms with van der Waals surface area (Å²) in [6, 6.07) is 8.53. The van der Waals surface area contributed by atoms with Crippen LogP contribution in [0.4, 0.5) is 0 Å². The quantitative estimate of drug-likeness (QED) is 0.772. The first kappa shape index (κ1) is 20.1. The van der Waals surface area contributed by atoms with Crippen LogP contribution in [-0.4, -0.2) is 25.4 Å². The second kappa shape index (κ2) is 7.58. The summed E-state index contributed by atoms with van der Waals surface area (Å²) in [7, 11) is -3.44. The van der Waals surface area contributed by atoms with Crippen molar-refractivity contribution < 1.29 is 13.2 Å². The van der Waals surface area contributed by atoms with E-state index in [1.54, 1.807) is 12.1 Å². The summed E-state index contributed by atoms with van der Waals surface area (Å²) >= 11 is 6.26. The molecule has 0 radical (unpaired) electrons. The lowest BCUT2D eigenvalue weighted by Crippen LogP contribution is -2.13. The second-order valence-corrected chi connectivity index (χ2v) is 10.4. The van der Waals surface area contributed by atoms with Gasteiger partial charge in [0.05, 0.1) is 9.92 Å². The Balaban J connectivity index is 1.80. The summed E-state index contributed by atoms with van der Waals surface area (Å²) in [5, 5.41) is 0.135. The van der Waals surface area contributed by atoms with Crippen molar-refractivity contribution in [3.63, 3.8) is 0 Å². The molecule has 2 aliphatic carbocycles. The molecule has 0 spiro atoms. The van der Waals surface area contributed by atoms with Crippen molar-refractivity contribution in [3.8, 4) is 0 Å². The Morgan fingerprint density at radius 3 is 2.45 bits per heavy atom. The van der Waals surface area contributed by atoms with Gasteiger partial charge in [-0.15, -0.1) is 0 Å². The molecule has 1 atom stereocenters. The number of pyridine rings is 1. The highest BCUT2D eigenvalue weighted by molar-refractivity contribution is 7.90. The molecule has 0 unspecified atom stereocenters. The van der Waals surface area contributed by atoms with Gasteiger partial charge in [0, 0.05) is 35.9 Å². The van der Waals surface area contributed by atoms with E-state index in [2.05, 4.69) is 4.98 Å². The molecule has 4 rings (SSSR count). The van der Waals surface area contributed by atoms with Crippen LogP contribution in [0.2, 0.25) is 5.02 Å². The largest absolute Gasteiger partial charge is 0.322 e. The lowest BCUT2D eigenvalue weighted by atomic mass is 9.95. The Hall–Kier alpha value is -2.18. The number of hydrogen-bond acceptors (Lipinski definition) is 4. The number of aromatic amines is 1. The third-order valence-corrected chi connectivity index (χ3v) is 7.16. The van der Waals surface area contributed by atoms with Crippen LogP contribution in [0.3, 0.4) is 0 Å². The minimum Gasteiger partial charge on any atom is -0.322 e. The fraction of sp³-hybridized carbons (Fsp3) is 0.364. The summed E-state index contributed by atoms with van der Waals surface area (Å²) in [6.07, 6.45) is 6.99. The molecule has 0 aliphatic heterocycles. The molecule has 1 aromatic carbocycles. The number of nitrogens with one attached hydrogen (secondary N) is 1. The first-order valence-electron chi connectivity index (χ1n) is 9.69. The van der Waals surface area contributed by atoms with Crippen LogP contribution in [0.15, 0.2) is 46.1 Å². The first-order chi connectivity index (χ1) is 13.7. The van der Waals surface area contributed by atoms with Crippen molar-refractivity contribution >= 4 is 32.8 Å². The number of sulfone groups is 1. The molecule has 1 aromatic heterocycles. The van der Waals surface area contributed by atoms with E-state index in [9.17, 15) is 18.0 Å². The first-order valence-corrected chi connectivity index (χ1v) is 12.0. The van der Waals surface area contributed by atoms with E-state index in [1.807, 2.05) is 18.2 Å². The maximum Gasteiger partial charge on any atom is 0.251 e. The fourth-order valence-corrected chi connectivity index (χ4v) is 5.22. The maximum atomic E-state index is 12.6. The van der Waals surface area contributed by atoms with Crippen molar-refractivity contribution in [1.82, 2.24) is 4.98 Å². The molecular formula is C22H22ClNO4S. The monoisotopic (exact) mass is 431 g/mol. The highest BCUT2D eigenvalue weighted by Crippen LogP contribution is 2.39. The molecule has 0 saturated heterocycles. The van der Waals surface area contributed by atoms with E-state index >= 15 is 0 Å². The van der Waals surface area contributed by atoms with E-state index in [0.717, 1.165) is 36.7 Å². The molecule has 7 heteroatoms. The number of ketones is 1. The smallest absolute Gasteiger partial charge is 0.251 e. The average Bonchev–Trinajstić information content (AvgIpc) is 3.40. The van der Waals surface area contributed by atoms with E-state index in [4.69, 9.17) is 11.6 Å². The number of hydrogen-bond donors (Lipinski definition) is 1. The van der Waals surface area contributed by atoms with E-state index < -0.39 is 9.84 Å². The summed E-state index contributed by atoms with van der Waals surface area (Å²) in [5.41, 5.74) is 2.80. The van der Waals surface area contributed by atoms with Crippen molar-refractivity contribution in [2.75, 3.05) is 6.26 Å². The molecule has 2 fully saturated rings. The van der Waals surface area contributed by atoms with E-state index in [-0.39, 0.29) is 27.2 Å². The minimum atomic E-state index is -3.44. The molecule has 2 aliphatic rings. The normalized spacial score (nSPS) is 20.3. The summed E-state index contributed by atoms with van der Waals surface area (Å²) in [5.74, 6) is 0.655. The van der Waals surface area contributed by atoms with E-state index in [1.165, 1.54) is 6.07 Å². The van der Waals surface area contributed by atoms with Crippen molar-refractivity contribution in [2.24, 2.45) is 5.92 Å². The van der Waals surface area contributed by atoms with Crippen LogP contribution in [0, 0.1) is 5.92 Å². The zero-order chi connectivity index (χ0) is 20.8. The lowest BCUT2D eigenvalue weighted by molar-refractivity contribution is -0.117. The van der Waals surface area contributed by atoms with Gasteiger partial charge in [-0.25, -0.2) is 8.42 Å². The Bertz CT molecular complexity index is 1180. The highest BCUT2D eigenvalue weighted by Gasteiger charge is 2.27. The molecule has 1 N–H and O–H groups in total. The van der Waals surface area contributed by atoms with Gasteiger partial charge in [-0.1, -0.05) is 29.8 Å². The Kier molecular flexibility index (Phi) is 5.25. The number of H-pyrrole nitrogens is 1. The third kappa shape index (κ3) is 4.38. The average molecular weight is 432 g/mol. The van der Waals surface area contributed by atoms with Crippen LogP contribution >= 0.6 is 11.6 Å². The molecule has 5 nitrogen and oxygen atoms in total. The fourth-order valence-electron chi connectivity index (χ4n) is 3.89. The van der Waals surface area contributed by atoms with Gasteiger partial charge in [0.1, 0.15) is 5.78 Å². The maximum absolute atomic E-state index is 12.6. The minimum absolute atomic E-state index is 0.0656. The second-order valence-electron chi connectivity index (χ2n) is 7.97. The van der Waals surface area contributed by atoms with Gasteiger partial charge in [0.2, 0.25) is 0 Å². The van der Waals surface area contributed by atoms with Crippen molar-refractivity contribution in [3.05, 3.63) is 68.6 Å². The van der Waals surface area contributed by atoms with Gasteiger partial charge in [-0.2, -0.15) is 0 Å². The molecular weight excluding hydrogens is 410 g/mol.